The number of hydrogen-bond acceptors (Lipinski definition) is 4. The number of ketones is 1. The van der Waals surface area contributed by atoms with Crippen molar-refractivity contribution in [3.63, 3.8) is 0 Å². The second-order valence-electron chi connectivity index (χ2n) is 5.61. The van der Waals surface area contributed by atoms with Crippen LogP contribution < -0.4 is 4.74 Å². The van der Waals surface area contributed by atoms with Gasteiger partial charge in [0.25, 0.3) is 0 Å². The van der Waals surface area contributed by atoms with E-state index in [-0.39, 0.29) is 23.6 Å². The maximum absolute atomic E-state index is 12.2. The highest BCUT2D eigenvalue weighted by molar-refractivity contribution is 6.02. The van der Waals surface area contributed by atoms with Crippen LogP contribution >= 0.6 is 0 Å². The molecule has 0 heterocycles. The molecule has 0 spiro atoms. The van der Waals surface area contributed by atoms with Gasteiger partial charge in [-0.25, -0.2) is 0 Å². The van der Waals surface area contributed by atoms with Gasteiger partial charge in [-0.3, -0.25) is 9.59 Å². The van der Waals surface area contributed by atoms with E-state index in [2.05, 4.69) is 4.74 Å². The molecule has 0 saturated heterocycles. The SMILES string of the molecule is COC(=O)[C@H]1C[C@@H]1C(=O)c1ccc(OCC2CC2)cc1. The van der Waals surface area contributed by atoms with Crippen LogP contribution in [0.3, 0.4) is 0 Å². The molecule has 0 N–H and O–H groups in total. The summed E-state index contributed by atoms with van der Waals surface area (Å²) in [6, 6.07) is 7.20. The maximum Gasteiger partial charge on any atom is 0.309 e. The second-order valence-corrected chi connectivity index (χ2v) is 5.61. The molecule has 0 bridgehead atoms. The predicted molar refractivity (Wildman–Crippen MR) is 72.6 cm³/mol. The Morgan fingerprint density at radius 2 is 1.85 bits per heavy atom. The van der Waals surface area contributed by atoms with Crippen LogP contribution in [0.25, 0.3) is 0 Å². The number of rotatable bonds is 6. The van der Waals surface area contributed by atoms with Crippen LogP contribution in [0.1, 0.15) is 29.6 Å². The molecule has 0 aliphatic heterocycles. The summed E-state index contributed by atoms with van der Waals surface area (Å²) in [4.78, 5) is 23.5. The molecule has 2 aliphatic rings. The van der Waals surface area contributed by atoms with Crippen LogP contribution in [0.2, 0.25) is 0 Å². The maximum atomic E-state index is 12.2. The molecule has 0 aromatic heterocycles. The Balaban J connectivity index is 1.57. The Bertz CT molecular complexity index is 516. The lowest BCUT2D eigenvalue weighted by Gasteiger charge is -2.06. The lowest BCUT2D eigenvalue weighted by Crippen LogP contribution is -2.10. The van der Waals surface area contributed by atoms with Gasteiger partial charge >= 0.3 is 5.97 Å². The average molecular weight is 274 g/mol. The molecule has 0 radical (unpaired) electrons. The van der Waals surface area contributed by atoms with Gasteiger partial charge in [-0.2, -0.15) is 0 Å². The third-order valence-electron chi connectivity index (χ3n) is 3.95. The summed E-state index contributed by atoms with van der Waals surface area (Å²) in [6.07, 6.45) is 3.12. The lowest BCUT2D eigenvalue weighted by atomic mass is 10.1. The summed E-state index contributed by atoms with van der Waals surface area (Å²) < 4.78 is 10.3. The van der Waals surface area contributed by atoms with Gasteiger partial charge in [-0.15, -0.1) is 0 Å². The molecule has 2 fully saturated rings. The largest absolute Gasteiger partial charge is 0.493 e. The number of carbonyl (C=O) groups excluding carboxylic acids is 2. The van der Waals surface area contributed by atoms with Crippen molar-refractivity contribution in [2.24, 2.45) is 17.8 Å². The molecule has 20 heavy (non-hydrogen) atoms. The predicted octanol–water partition coefficient (Wildman–Crippen LogP) is 2.47. The van der Waals surface area contributed by atoms with Crippen LogP contribution in [0.5, 0.6) is 5.75 Å². The first-order chi connectivity index (χ1) is 9.69. The number of carbonyl (C=O) groups is 2. The van der Waals surface area contributed by atoms with Gasteiger partial charge < -0.3 is 9.47 Å². The van der Waals surface area contributed by atoms with E-state index < -0.39 is 0 Å². The summed E-state index contributed by atoms with van der Waals surface area (Å²) in [7, 11) is 1.36. The van der Waals surface area contributed by atoms with Gasteiger partial charge in [0.15, 0.2) is 5.78 Å². The summed E-state index contributed by atoms with van der Waals surface area (Å²) in [5.74, 6) is 0.790. The van der Waals surface area contributed by atoms with Gasteiger partial charge in [0.05, 0.1) is 19.6 Å². The Kier molecular flexibility index (Phi) is 3.47. The first kappa shape index (κ1) is 13.2. The number of ether oxygens (including phenoxy) is 2. The van der Waals surface area contributed by atoms with Crippen molar-refractivity contribution < 1.29 is 19.1 Å². The number of benzene rings is 1. The molecule has 106 valence electrons. The summed E-state index contributed by atoms with van der Waals surface area (Å²) in [5.41, 5.74) is 0.639. The zero-order valence-corrected chi connectivity index (χ0v) is 11.5. The van der Waals surface area contributed by atoms with E-state index in [1.807, 2.05) is 12.1 Å². The number of Topliss-reactive ketones (excluding diaryl/α,β-unsaturated/α-hetero) is 1. The normalized spacial score (nSPS) is 24.1. The minimum atomic E-state index is -0.285. The third-order valence-corrected chi connectivity index (χ3v) is 3.95. The van der Waals surface area contributed by atoms with Crippen molar-refractivity contribution in [2.75, 3.05) is 13.7 Å². The van der Waals surface area contributed by atoms with Crippen molar-refractivity contribution in [1.82, 2.24) is 0 Å². The molecule has 2 aliphatic carbocycles. The summed E-state index contributed by atoms with van der Waals surface area (Å²) in [5, 5.41) is 0. The monoisotopic (exact) mass is 274 g/mol. The van der Waals surface area contributed by atoms with Crippen LogP contribution in [-0.4, -0.2) is 25.5 Å². The van der Waals surface area contributed by atoms with E-state index in [4.69, 9.17) is 4.74 Å². The lowest BCUT2D eigenvalue weighted by molar-refractivity contribution is -0.142. The van der Waals surface area contributed by atoms with Gasteiger partial charge in [0.2, 0.25) is 0 Å². The Morgan fingerprint density at radius 1 is 1.15 bits per heavy atom. The van der Waals surface area contributed by atoms with Crippen LogP contribution in [0.15, 0.2) is 24.3 Å². The molecule has 1 aromatic rings. The third kappa shape index (κ3) is 2.84. The van der Waals surface area contributed by atoms with E-state index in [1.165, 1.54) is 20.0 Å². The van der Waals surface area contributed by atoms with Crippen molar-refractivity contribution in [2.45, 2.75) is 19.3 Å². The number of hydrogen-bond donors (Lipinski definition) is 0. The zero-order chi connectivity index (χ0) is 14.1. The molecule has 4 nitrogen and oxygen atoms in total. The molecule has 0 amide bonds. The quantitative estimate of drug-likeness (QED) is 0.590. The van der Waals surface area contributed by atoms with Crippen molar-refractivity contribution in [3.05, 3.63) is 29.8 Å². The minimum absolute atomic E-state index is 0.0224. The van der Waals surface area contributed by atoms with Crippen LogP contribution in [0, 0.1) is 17.8 Å². The molecule has 1 aromatic carbocycles. The zero-order valence-electron chi connectivity index (χ0n) is 11.5. The Hall–Kier alpha value is -1.84. The first-order valence-electron chi connectivity index (χ1n) is 7.04. The van der Waals surface area contributed by atoms with Crippen molar-refractivity contribution in [3.8, 4) is 5.75 Å². The fourth-order valence-electron chi connectivity index (χ4n) is 2.32. The smallest absolute Gasteiger partial charge is 0.309 e. The van der Waals surface area contributed by atoms with Gasteiger partial charge in [-0.05, 0) is 49.4 Å². The standard InChI is InChI=1S/C16H18O4/c1-19-16(18)14-8-13(14)15(17)11-4-6-12(7-5-11)20-9-10-2-3-10/h4-7,10,13-14H,2-3,8-9H2,1H3/t13-,14-/m0/s1. The molecule has 0 unspecified atom stereocenters. The molecule has 2 atom stereocenters. The first-order valence-corrected chi connectivity index (χ1v) is 7.04. The number of methoxy groups -OCH3 is 1. The molecular formula is C16H18O4. The van der Waals surface area contributed by atoms with Crippen LogP contribution in [0.4, 0.5) is 0 Å². The average Bonchev–Trinajstić information content (AvgIpc) is 3.38. The molecule has 3 rings (SSSR count). The molecular weight excluding hydrogens is 256 g/mol. The van der Waals surface area contributed by atoms with E-state index in [0.717, 1.165) is 12.4 Å². The summed E-state index contributed by atoms with van der Waals surface area (Å²) >= 11 is 0. The van der Waals surface area contributed by atoms with E-state index in [0.29, 0.717) is 17.9 Å². The summed E-state index contributed by atoms with van der Waals surface area (Å²) in [6.45, 7) is 0.764. The van der Waals surface area contributed by atoms with E-state index in [9.17, 15) is 9.59 Å². The number of esters is 1. The van der Waals surface area contributed by atoms with Crippen LogP contribution in [-0.2, 0) is 9.53 Å². The topological polar surface area (TPSA) is 52.6 Å². The van der Waals surface area contributed by atoms with Gasteiger partial charge in [0.1, 0.15) is 5.75 Å². The van der Waals surface area contributed by atoms with Gasteiger partial charge in [-0.1, -0.05) is 0 Å². The highest BCUT2D eigenvalue weighted by Crippen LogP contribution is 2.42. The Labute approximate surface area is 118 Å². The van der Waals surface area contributed by atoms with Crippen molar-refractivity contribution in [1.29, 1.82) is 0 Å². The van der Waals surface area contributed by atoms with Gasteiger partial charge in [0, 0.05) is 11.5 Å². The molecule has 4 heteroatoms. The fraction of sp³-hybridized carbons (Fsp3) is 0.500. The highest BCUT2D eigenvalue weighted by Gasteiger charge is 2.48. The van der Waals surface area contributed by atoms with E-state index in [1.54, 1.807) is 12.1 Å². The molecule has 2 saturated carbocycles. The highest BCUT2D eigenvalue weighted by atomic mass is 16.5. The second kappa shape index (κ2) is 5.27. The fourth-order valence-corrected chi connectivity index (χ4v) is 2.32. The Morgan fingerprint density at radius 3 is 2.45 bits per heavy atom. The van der Waals surface area contributed by atoms with E-state index >= 15 is 0 Å². The van der Waals surface area contributed by atoms with Crippen molar-refractivity contribution >= 4 is 11.8 Å². The minimum Gasteiger partial charge on any atom is -0.493 e.